The molecule has 2 rings (SSSR count). The molecule has 0 saturated carbocycles. The summed E-state index contributed by atoms with van der Waals surface area (Å²) in [5, 5.41) is 0. The van der Waals surface area contributed by atoms with Gasteiger partial charge in [-0.2, -0.15) is 13.2 Å². The number of alkyl halides is 3. The second kappa shape index (κ2) is 4.87. The molecule has 0 N–H and O–H groups in total. The van der Waals surface area contributed by atoms with Crippen LogP contribution in [0.5, 0.6) is 0 Å². The summed E-state index contributed by atoms with van der Waals surface area (Å²) in [6, 6.07) is -2.43. The van der Waals surface area contributed by atoms with E-state index in [1.807, 2.05) is 0 Å². The molecule has 18 heavy (non-hydrogen) atoms. The average molecular weight is 265 g/mol. The minimum Gasteiger partial charge on any atom is -0.381 e. The highest BCUT2D eigenvalue weighted by Gasteiger charge is 2.51. The van der Waals surface area contributed by atoms with Crippen molar-refractivity contribution < 1.29 is 27.5 Å². The lowest BCUT2D eigenvalue weighted by molar-refractivity contribution is -0.204. The molecule has 2 fully saturated rings. The van der Waals surface area contributed by atoms with Crippen molar-refractivity contribution >= 4 is 11.7 Å². The van der Waals surface area contributed by atoms with Gasteiger partial charge in [0.2, 0.25) is 5.91 Å². The molecule has 0 aromatic heterocycles. The van der Waals surface area contributed by atoms with E-state index in [2.05, 4.69) is 0 Å². The third-order valence-electron chi connectivity index (χ3n) is 3.36. The zero-order valence-electron chi connectivity index (χ0n) is 9.70. The van der Waals surface area contributed by atoms with Crippen LogP contribution in [0.2, 0.25) is 0 Å². The summed E-state index contributed by atoms with van der Waals surface area (Å²) in [6.45, 7) is 0.708. The number of hydrogen-bond donors (Lipinski definition) is 0. The Hall–Kier alpha value is -1.11. The fourth-order valence-corrected chi connectivity index (χ4v) is 2.51. The minimum atomic E-state index is -4.55. The Morgan fingerprint density at radius 2 is 1.78 bits per heavy atom. The number of nitrogens with zero attached hydrogens (tertiary/aromatic N) is 1. The zero-order valence-corrected chi connectivity index (χ0v) is 9.70. The standard InChI is InChI=1S/C11H14F3NO3/c12-11(13,14)9-5-8(16)6-10(17)15(9)7-1-3-18-4-2-7/h7,9H,1-6H2/t9-/m1/s1. The largest absolute Gasteiger partial charge is 0.409 e. The second-order valence-corrected chi connectivity index (χ2v) is 4.62. The minimum absolute atomic E-state index is 0.354. The van der Waals surface area contributed by atoms with E-state index in [0.717, 1.165) is 4.90 Å². The van der Waals surface area contributed by atoms with Gasteiger partial charge in [0, 0.05) is 25.7 Å². The number of halogens is 3. The van der Waals surface area contributed by atoms with Crippen molar-refractivity contribution in [2.24, 2.45) is 0 Å². The van der Waals surface area contributed by atoms with E-state index >= 15 is 0 Å². The van der Waals surface area contributed by atoms with Gasteiger partial charge in [-0.15, -0.1) is 0 Å². The van der Waals surface area contributed by atoms with E-state index in [0.29, 0.717) is 26.1 Å². The molecular formula is C11H14F3NO3. The van der Waals surface area contributed by atoms with Crippen LogP contribution in [0, 0.1) is 0 Å². The molecule has 2 aliphatic rings. The summed E-state index contributed by atoms with van der Waals surface area (Å²) in [4.78, 5) is 23.8. The highest BCUT2D eigenvalue weighted by atomic mass is 19.4. The zero-order chi connectivity index (χ0) is 13.3. The van der Waals surface area contributed by atoms with Gasteiger partial charge < -0.3 is 9.64 Å². The van der Waals surface area contributed by atoms with Gasteiger partial charge in [0.05, 0.1) is 6.42 Å². The number of rotatable bonds is 1. The van der Waals surface area contributed by atoms with Crippen LogP contribution in [0.15, 0.2) is 0 Å². The molecule has 0 unspecified atom stereocenters. The first-order valence-corrected chi connectivity index (χ1v) is 5.87. The van der Waals surface area contributed by atoms with Crippen LogP contribution in [0.1, 0.15) is 25.7 Å². The molecule has 1 atom stereocenters. The lowest BCUT2D eigenvalue weighted by Gasteiger charge is -2.42. The van der Waals surface area contributed by atoms with Crippen molar-refractivity contribution in [1.82, 2.24) is 4.90 Å². The molecule has 0 aromatic rings. The van der Waals surface area contributed by atoms with Crippen LogP contribution in [0.3, 0.4) is 0 Å². The molecule has 102 valence electrons. The van der Waals surface area contributed by atoms with E-state index in [1.54, 1.807) is 0 Å². The Balaban J connectivity index is 2.21. The molecule has 2 aliphatic heterocycles. The first-order chi connectivity index (χ1) is 8.39. The number of amides is 1. The van der Waals surface area contributed by atoms with Gasteiger partial charge in [-0.05, 0) is 12.8 Å². The first-order valence-electron chi connectivity index (χ1n) is 5.87. The van der Waals surface area contributed by atoms with Crippen LogP contribution in [0.4, 0.5) is 13.2 Å². The Labute approximate surface area is 102 Å². The lowest BCUT2D eigenvalue weighted by Crippen LogP contribution is -2.58. The topological polar surface area (TPSA) is 46.6 Å². The van der Waals surface area contributed by atoms with Crippen molar-refractivity contribution in [3.63, 3.8) is 0 Å². The van der Waals surface area contributed by atoms with E-state index in [-0.39, 0.29) is 0 Å². The van der Waals surface area contributed by atoms with E-state index in [4.69, 9.17) is 4.74 Å². The number of ketones is 1. The molecular weight excluding hydrogens is 251 g/mol. The Morgan fingerprint density at radius 3 is 2.33 bits per heavy atom. The molecule has 4 nitrogen and oxygen atoms in total. The third-order valence-corrected chi connectivity index (χ3v) is 3.36. The molecule has 1 amide bonds. The van der Waals surface area contributed by atoms with Crippen LogP contribution in [-0.4, -0.2) is 48.1 Å². The summed E-state index contributed by atoms with van der Waals surface area (Å²) in [5.41, 5.74) is 0. The summed E-state index contributed by atoms with van der Waals surface area (Å²) in [6.07, 6.45) is -4.79. The molecule has 0 aliphatic carbocycles. The lowest BCUT2D eigenvalue weighted by atomic mass is 9.95. The van der Waals surface area contributed by atoms with Gasteiger partial charge in [0.25, 0.3) is 0 Å². The van der Waals surface area contributed by atoms with Crippen molar-refractivity contribution in [2.45, 2.75) is 43.9 Å². The highest BCUT2D eigenvalue weighted by Crippen LogP contribution is 2.34. The van der Waals surface area contributed by atoms with Gasteiger partial charge in [0.1, 0.15) is 11.8 Å². The molecule has 2 saturated heterocycles. The van der Waals surface area contributed by atoms with E-state index in [9.17, 15) is 22.8 Å². The number of carbonyl (C=O) groups is 2. The van der Waals surface area contributed by atoms with Gasteiger partial charge in [0.15, 0.2) is 0 Å². The quantitative estimate of drug-likeness (QED) is 0.671. The molecule has 0 bridgehead atoms. The summed E-state index contributed by atoms with van der Waals surface area (Å²) < 4.78 is 43.8. The summed E-state index contributed by atoms with van der Waals surface area (Å²) in [5.74, 6) is -1.34. The number of hydrogen-bond acceptors (Lipinski definition) is 3. The maximum atomic E-state index is 12.9. The SMILES string of the molecule is O=C1CC(=O)N(C2CCOCC2)[C@@H](C(F)(F)F)C1. The number of likely N-dealkylation sites (tertiary alicyclic amines) is 1. The number of Topliss-reactive ketones (excluding diaryl/α,β-unsaturated/α-hetero) is 1. The normalized spacial score (nSPS) is 27.7. The maximum absolute atomic E-state index is 12.9. The molecule has 0 spiro atoms. The fraction of sp³-hybridized carbons (Fsp3) is 0.818. The van der Waals surface area contributed by atoms with Gasteiger partial charge in [-0.1, -0.05) is 0 Å². The van der Waals surface area contributed by atoms with E-state index in [1.165, 1.54) is 0 Å². The average Bonchev–Trinajstić information content (AvgIpc) is 2.28. The smallest absolute Gasteiger partial charge is 0.381 e. The monoisotopic (exact) mass is 265 g/mol. The van der Waals surface area contributed by atoms with Crippen molar-refractivity contribution in [3.8, 4) is 0 Å². The van der Waals surface area contributed by atoms with Gasteiger partial charge in [-0.25, -0.2) is 0 Å². The molecule has 2 heterocycles. The maximum Gasteiger partial charge on any atom is 0.409 e. The van der Waals surface area contributed by atoms with Crippen molar-refractivity contribution in [2.75, 3.05) is 13.2 Å². The van der Waals surface area contributed by atoms with Crippen molar-refractivity contribution in [1.29, 1.82) is 0 Å². The highest BCUT2D eigenvalue weighted by molar-refractivity contribution is 6.01. The third kappa shape index (κ3) is 2.66. The first kappa shape index (κ1) is 13.3. The van der Waals surface area contributed by atoms with Crippen LogP contribution in [0.25, 0.3) is 0 Å². The van der Waals surface area contributed by atoms with Gasteiger partial charge >= 0.3 is 6.18 Å². The van der Waals surface area contributed by atoms with Gasteiger partial charge in [-0.3, -0.25) is 9.59 Å². The van der Waals surface area contributed by atoms with Crippen molar-refractivity contribution in [3.05, 3.63) is 0 Å². The predicted molar refractivity (Wildman–Crippen MR) is 54.8 cm³/mol. The van der Waals surface area contributed by atoms with Crippen LogP contribution in [-0.2, 0) is 14.3 Å². The second-order valence-electron chi connectivity index (χ2n) is 4.62. The number of piperidine rings is 1. The van der Waals surface area contributed by atoms with Crippen LogP contribution < -0.4 is 0 Å². The molecule has 0 aromatic carbocycles. The van der Waals surface area contributed by atoms with E-state index < -0.39 is 42.8 Å². The Morgan fingerprint density at radius 1 is 1.17 bits per heavy atom. The van der Waals surface area contributed by atoms with Crippen LogP contribution >= 0.6 is 0 Å². The predicted octanol–water partition coefficient (Wildman–Crippen LogP) is 1.29. The Kier molecular flexibility index (Phi) is 3.61. The summed E-state index contributed by atoms with van der Waals surface area (Å²) >= 11 is 0. The molecule has 7 heteroatoms. The fourth-order valence-electron chi connectivity index (χ4n) is 2.51. The number of carbonyl (C=O) groups excluding carboxylic acids is 2. The number of ether oxygens (including phenoxy) is 1. The summed E-state index contributed by atoms with van der Waals surface area (Å²) in [7, 11) is 0. The Bertz CT molecular complexity index is 350. The molecule has 0 radical (unpaired) electrons.